The van der Waals surface area contributed by atoms with Gasteiger partial charge in [-0.3, -0.25) is 4.90 Å². The van der Waals surface area contributed by atoms with E-state index in [9.17, 15) is 0 Å². The van der Waals surface area contributed by atoms with Crippen LogP contribution in [0.25, 0.3) is 0 Å². The van der Waals surface area contributed by atoms with Crippen molar-refractivity contribution < 1.29 is 18.9 Å². The van der Waals surface area contributed by atoms with Crippen LogP contribution in [-0.4, -0.2) is 49.0 Å². The summed E-state index contributed by atoms with van der Waals surface area (Å²) in [5, 5.41) is 0. The Labute approximate surface area is 291 Å². The maximum atomic E-state index is 7.00. The number of rotatable bonds is 15. The number of hydrogen-bond donors (Lipinski definition) is 0. The third kappa shape index (κ3) is 9.13. The van der Waals surface area contributed by atoms with E-state index in [0.29, 0.717) is 39.0 Å². The molecule has 5 nitrogen and oxygen atoms in total. The molecule has 1 aliphatic heterocycles. The lowest BCUT2D eigenvalue weighted by Crippen LogP contribution is -2.65. The molecule has 4 atom stereocenters. The maximum absolute atomic E-state index is 7.00. The fraction of sp³-hybridized carbons (Fsp3) is 0.318. The highest BCUT2D eigenvalue weighted by Crippen LogP contribution is 2.33. The minimum absolute atomic E-state index is 0.0199. The Bertz CT molecular complexity index is 1660. The van der Waals surface area contributed by atoms with E-state index in [1.165, 1.54) is 16.7 Å². The van der Waals surface area contributed by atoms with Crippen LogP contribution in [0.4, 0.5) is 0 Å². The monoisotopic (exact) mass is 653 g/mol. The number of benzene rings is 5. The summed E-state index contributed by atoms with van der Waals surface area (Å²) in [6.07, 6.45) is 1.40. The first kappa shape index (κ1) is 33.4. The van der Waals surface area contributed by atoms with Crippen molar-refractivity contribution in [3.63, 3.8) is 0 Å². The molecule has 252 valence electrons. The fourth-order valence-electron chi connectivity index (χ4n) is 7.37. The van der Waals surface area contributed by atoms with Gasteiger partial charge in [0.2, 0.25) is 0 Å². The zero-order chi connectivity index (χ0) is 33.1. The molecule has 0 radical (unpaired) electrons. The summed E-state index contributed by atoms with van der Waals surface area (Å²) in [5.74, 6) is 0.514. The van der Waals surface area contributed by atoms with Gasteiger partial charge in [0.25, 0.3) is 0 Å². The van der Waals surface area contributed by atoms with E-state index in [0.717, 1.165) is 42.6 Å². The van der Waals surface area contributed by atoms with Crippen molar-refractivity contribution in [2.24, 2.45) is 5.92 Å². The van der Waals surface area contributed by atoms with Gasteiger partial charge in [-0.15, -0.1) is 0 Å². The van der Waals surface area contributed by atoms with Crippen LogP contribution in [0.2, 0.25) is 0 Å². The van der Waals surface area contributed by atoms with E-state index in [1.54, 1.807) is 0 Å². The van der Waals surface area contributed by atoms with Crippen LogP contribution in [0.15, 0.2) is 146 Å². The van der Waals surface area contributed by atoms with Crippen LogP contribution in [0, 0.1) is 5.92 Å². The quantitative estimate of drug-likeness (QED) is 0.114. The van der Waals surface area contributed by atoms with E-state index in [-0.39, 0.29) is 24.4 Å². The molecule has 0 unspecified atom stereocenters. The van der Waals surface area contributed by atoms with Gasteiger partial charge in [0, 0.05) is 13.1 Å². The van der Waals surface area contributed by atoms with Crippen LogP contribution >= 0.6 is 0 Å². The molecule has 7 rings (SSSR count). The van der Waals surface area contributed by atoms with Crippen molar-refractivity contribution in [1.29, 1.82) is 0 Å². The van der Waals surface area contributed by atoms with Crippen LogP contribution < -0.4 is 0 Å². The Morgan fingerprint density at radius 3 is 1.41 bits per heavy atom. The molecule has 0 amide bonds. The summed E-state index contributed by atoms with van der Waals surface area (Å²) in [7, 11) is 0. The molecule has 2 aliphatic rings. The van der Waals surface area contributed by atoms with Crippen molar-refractivity contribution in [2.75, 3.05) is 19.7 Å². The Morgan fingerprint density at radius 2 is 0.898 bits per heavy atom. The van der Waals surface area contributed by atoms with Gasteiger partial charge in [0.1, 0.15) is 12.2 Å². The predicted octanol–water partition coefficient (Wildman–Crippen LogP) is 8.06. The molecular weight excluding hydrogens is 606 g/mol. The van der Waals surface area contributed by atoms with Crippen LogP contribution in [-0.2, 0) is 58.2 Å². The highest BCUT2D eigenvalue weighted by molar-refractivity contribution is 5.32. The molecule has 1 aliphatic carbocycles. The molecule has 5 aromatic rings. The van der Waals surface area contributed by atoms with E-state index in [4.69, 9.17) is 18.9 Å². The van der Waals surface area contributed by atoms with Crippen LogP contribution in [0.3, 0.4) is 0 Å². The van der Waals surface area contributed by atoms with Gasteiger partial charge in [-0.2, -0.15) is 0 Å². The second-order valence-corrected chi connectivity index (χ2v) is 13.4. The molecule has 0 saturated carbocycles. The van der Waals surface area contributed by atoms with Crippen molar-refractivity contribution in [3.05, 3.63) is 179 Å². The standard InChI is InChI=1S/C44H47NO4/c1-5-15-34(16-6-1)29-46-33-41-43(48-31-36-19-9-3-10-20-36)44(49-32-37-21-11-4-12-22-37)42(47-30-35-17-7-2-8-18-35)28-45(41)27-38-25-39-23-13-14-24-40(39)26-38/h1-24,38,41-44H,25-33H2/t41-,42-,43+,44+/m0/s1. The van der Waals surface area contributed by atoms with Gasteiger partial charge < -0.3 is 18.9 Å². The highest BCUT2D eigenvalue weighted by atomic mass is 16.6. The number of hydrogen-bond acceptors (Lipinski definition) is 5. The average Bonchev–Trinajstić information content (AvgIpc) is 3.57. The van der Waals surface area contributed by atoms with Gasteiger partial charge in [-0.05, 0) is 52.1 Å². The van der Waals surface area contributed by atoms with E-state index in [1.807, 2.05) is 24.3 Å². The van der Waals surface area contributed by atoms with E-state index in [2.05, 4.69) is 126 Å². The third-order valence-corrected chi connectivity index (χ3v) is 9.86. The van der Waals surface area contributed by atoms with Gasteiger partial charge in [-0.1, -0.05) is 146 Å². The summed E-state index contributed by atoms with van der Waals surface area (Å²) in [4.78, 5) is 2.59. The first-order chi connectivity index (χ1) is 24.3. The molecular formula is C44H47NO4. The predicted molar refractivity (Wildman–Crippen MR) is 194 cm³/mol. The lowest BCUT2D eigenvalue weighted by atomic mass is 9.91. The van der Waals surface area contributed by atoms with Crippen molar-refractivity contribution in [1.82, 2.24) is 4.90 Å². The fourth-order valence-corrected chi connectivity index (χ4v) is 7.37. The maximum Gasteiger partial charge on any atom is 0.113 e. The molecule has 49 heavy (non-hydrogen) atoms. The average molecular weight is 654 g/mol. The Morgan fingerprint density at radius 1 is 0.469 bits per heavy atom. The molecule has 1 heterocycles. The van der Waals surface area contributed by atoms with Gasteiger partial charge in [-0.25, -0.2) is 0 Å². The van der Waals surface area contributed by atoms with Gasteiger partial charge in [0.15, 0.2) is 0 Å². The Balaban J connectivity index is 1.19. The number of nitrogens with zero attached hydrogens (tertiary/aromatic N) is 1. The Hall–Kier alpha value is -4.10. The van der Waals surface area contributed by atoms with Crippen molar-refractivity contribution in [2.45, 2.75) is 63.6 Å². The van der Waals surface area contributed by atoms with Crippen LogP contribution in [0.5, 0.6) is 0 Å². The number of piperidine rings is 1. The molecule has 5 aromatic carbocycles. The van der Waals surface area contributed by atoms with Crippen molar-refractivity contribution >= 4 is 0 Å². The zero-order valence-corrected chi connectivity index (χ0v) is 28.2. The second-order valence-electron chi connectivity index (χ2n) is 13.4. The number of fused-ring (bicyclic) bond motifs is 1. The van der Waals surface area contributed by atoms with Crippen LogP contribution in [0.1, 0.15) is 33.4 Å². The summed E-state index contributed by atoms with van der Waals surface area (Å²) in [6.45, 7) is 4.25. The first-order valence-corrected chi connectivity index (χ1v) is 17.7. The van der Waals surface area contributed by atoms with Gasteiger partial charge >= 0.3 is 0 Å². The molecule has 1 fully saturated rings. The first-order valence-electron chi connectivity index (χ1n) is 17.7. The molecule has 0 bridgehead atoms. The molecule has 0 N–H and O–H groups in total. The van der Waals surface area contributed by atoms with Crippen molar-refractivity contribution in [3.8, 4) is 0 Å². The minimum atomic E-state index is -0.296. The van der Waals surface area contributed by atoms with Gasteiger partial charge in [0.05, 0.1) is 45.2 Å². The molecule has 5 heteroatoms. The lowest BCUT2D eigenvalue weighted by Gasteiger charge is -2.49. The van der Waals surface area contributed by atoms with E-state index >= 15 is 0 Å². The summed E-state index contributed by atoms with van der Waals surface area (Å²) < 4.78 is 27.3. The topological polar surface area (TPSA) is 40.2 Å². The molecule has 0 spiro atoms. The summed E-state index contributed by atoms with van der Waals surface area (Å²) in [6, 6.07) is 50.6. The minimum Gasteiger partial charge on any atom is -0.375 e. The highest BCUT2D eigenvalue weighted by Gasteiger charge is 2.47. The van der Waals surface area contributed by atoms with E-state index < -0.39 is 0 Å². The Kier molecular flexibility index (Phi) is 11.6. The largest absolute Gasteiger partial charge is 0.375 e. The smallest absolute Gasteiger partial charge is 0.113 e. The SMILES string of the molecule is c1ccc(COC[C@H]2[C@@H](OCc3ccccc3)[C@H](OCc3ccccc3)[C@@H](OCc3ccccc3)CN2CC2Cc3ccccc3C2)cc1. The summed E-state index contributed by atoms with van der Waals surface area (Å²) in [5.41, 5.74) is 7.53. The second kappa shape index (κ2) is 17.0. The lowest BCUT2D eigenvalue weighted by molar-refractivity contribution is -0.211. The molecule has 1 saturated heterocycles. The zero-order valence-electron chi connectivity index (χ0n) is 28.2. The summed E-state index contributed by atoms with van der Waals surface area (Å²) >= 11 is 0. The number of likely N-dealkylation sites (tertiary alicyclic amines) is 1. The normalized spacial score (nSPS) is 21.1. The third-order valence-electron chi connectivity index (χ3n) is 9.86. The molecule has 0 aromatic heterocycles. The number of ether oxygens (including phenoxy) is 4.